The molecule has 0 aliphatic carbocycles. The first-order chi connectivity index (χ1) is 17.9. The molecule has 8 nitrogen and oxygen atoms in total. The lowest BCUT2D eigenvalue weighted by atomic mass is 9.94. The maximum absolute atomic E-state index is 13.3. The Balaban J connectivity index is 1.81. The first-order valence-corrected chi connectivity index (χ1v) is 15.5. The molecule has 0 aromatic heterocycles. The Hall–Kier alpha value is -3.18. The van der Waals surface area contributed by atoms with Crippen molar-refractivity contribution < 1.29 is 26.0 Å². The molecule has 0 atom stereocenters. The summed E-state index contributed by atoms with van der Waals surface area (Å²) in [4.78, 5) is 12.2. The van der Waals surface area contributed by atoms with Crippen molar-refractivity contribution in [1.29, 1.82) is 0 Å². The zero-order valence-electron chi connectivity index (χ0n) is 21.8. The summed E-state index contributed by atoms with van der Waals surface area (Å²) in [6.45, 7) is 4.21. The van der Waals surface area contributed by atoms with Crippen LogP contribution in [0.4, 0.5) is 21.5 Å². The van der Waals surface area contributed by atoms with E-state index in [9.17, 15) is 26.0 Å². The molecule has 0 fully saturated rings. The van der Waals surface area contributed by atoms with Crippen LogP contribution < -0.4 is 14.8 Å². The molecule has 3 rings (SSSR count). The topological polar surface area (TPSA) is 121 Å². The average Bonchev–Trinajstić information content (AvgIpc) is 2.87. The number of anilines is 3. The van der Waals surface area contributed by atoms with Gasteiger partial charge in [-0.3, -0.25) is 14.2 Å². The van der Waals surface area contributed by atoms with Gasteiger partial charge in [0.25, 0.3) is 10.0 Å². The van der Waals surface area contributed by atoms with E-state index in [0.717, 1.165) is 19.3 Å². The Morgan fingerprint density at radius 3 is 2.11 bits per heavy atom. The fraction of sp³-hybridized carbons (Fsp3) is 0.370. The zero-order valence-corrected chi connectivity index (χ0v) is 23.4. The number of amides is 1. The molecular weight excluding hydrogens is 529 g/mol. The average molecular weight is 564 g/mol. The number of carbonyl (C=O) groups excluding carboxylic acids is 1. The van der Waals surface area contributed by atoms with Gasteiger partial charge in [-0.2, -0.15) is 0 Å². The fourth-order valence-corrected chi connectivity index (χ4v) is 6.22. The number of rotatable bonds is 13. The highest BCUT2D eigenvalue weighted by molar-refractivity contribution is 7.93. The second-order valence-electron chi connectivity index (χ2n) is 9.79. The Labute approximate surface area is 224 Å². The number of halogens is 1. The van der Waals surface area contributed by atoms with E-state index in [-0.39, 0.29) is 16.3 Å². The zero-order chi connectivity index (χ0) is 28.0. The van der Waals surface area contributed by atoms with Crippen LogP contribution in [0.25, 0.3) is 10.8 Å². The lowest BCUT2D eigenvalue weighted by Gasteiger charge is -2.19. The third-order valence-corrected chi connectivity index (χ3v) is 8.84. The maximum Gasteiger partial charge on any atom is 0.262 e. The molecular formula is C27H34FN3O5S2. The molecule has 206 valence electrons. The Kier molecular flexibility index (Phi) is 9.37. The van der Waals surface area contributed by atoms with Crippen LogP contribution in [0, 0.1) is 5.41 Å². The van der Waals surface area contributed by atoms with Gasteiger partial charge in [-0.25, -0.2) is 21.2 Å². The van der Waals surface area contributed by atoms with E-state index in [1.807, 2.05) is 0 Å². The predicted octanol–water partition coefficient (Wildman–Crippen LogP) is 5.90. The summed E-state index contributed by atoms with van der Waals surface area (Å²) in [6, 6.07) is 15.5. The van der Waals surface area contributed by atoms with Gasteiger partial charge in [-0.05, 0) is 56.7 Å². The number of hydrogen-bond acceptors (Lipinski definition) is 5. The second-order valence-corrected chi connectivity index (χ2v) is 13.3. The fourth-order valence-electron chi connectivity index (χ4n) is 3.73. The minimum Gasteiger partial charge on any atom is -0.326 e. The number of alkyl halides is 1. The van der Waals surface area contributed by atoms with Crippen LogP contribution in [0.15, 0.2) is 65.6 Å². The maximum atomic E-state index is 13.3. The monoisotopic (exact) mass is 563 g/mol. The van der Waals surface area contributed by atoms with E-state index in [4.69, 9.17) is 0 Å². The number of fused-ring (bicyclic) bond motifs is 1. The van der Waals surface area contributed by atoms with Crippen LogP contribution in [-0.4, -0.2) is 35.2 Å². The summed E-state index contributed by atoms with van der Waals surface area (Å²) in [5, 5.41) is 3.43. The van der Waals surface area contributed by atoms with Gasteiger partial charge in [0.1, 0.15) is 6.67 Å². The normalized spacial score (nSPS) is 12.3. The van der Waals surface area contributed by atoms with Gasteiger partial charge in [-0.15, -0.1) is 0 Å². The molecule has 38 heavy (non-hydrogen) atoms. The third kappa shape index (κ3) is 7.44. The highest BCUT2D eigenvalue weighted by Gasteiger charge is 2.27. The molecule has 3 N–H and O–H groups in total. The summed E-state index contributed by atoms with van der Waals surface area (Å²) in [7, 11) is -7.64. The highest BCUT2D eigenvalue weighted by atomic mass is 32.2. The molecule has 0 heterocycles. The van der Waals surface area contributed by atoms with Crippen LogP contribution in [0.1, 0.15) is 46.5 Å². The lowest BCUT2D eigenvalue weighted by molar-refractivity contribution is -0.124. The Bertz CT molecular complexity index is 1490. The van der Waals surface area contributed by atoms with E-state index < -0.39 is 38.0 Å². The van der Waals surface area contributed by atoms with Gasteiger partial charge in [-0.1, -0.05) is 50.5 Å². The summed E-state index contributed by atoms with van der Waals surface area (Å²) in [6.07, 6.45) is 3.34. The van der Waals surface area contributed by atoms with Crippen LogP contribution in [-0.2, 0) is 24.8 Å². The molecule has 0 unspecified atom stereocenters. The van der Waals surface area contributed by atoms with Crippen molar-refractivity contribution in [3.8, 4) is 0 Å². The van der Waals surface area contributed by atoms with Gasteiger partial charge < -0.3 is 5.32 Å². The molecule has 0 saturated heterocycles. The molecule has 0 aliphatic rings. The van der Waals surface area contributed by atoms with Gasteiger partial charge >= 0.3 is 0 Å². The first-order valence-electron chi connectivity index (χ1n) is 12.4. The number of hydrogen-bond donors (Lipinski definition) is 3. The van der Waals surface area contributed by atoms with E-state index in [0.29, 0.717) is 28.6 Å². The van der Waals surface area contributed by atoms with Crippen LogP contribution in [0.3, 0.4) is 0 Å². The largest absolute Gasteiger partial charge is 0.326 e. The first kappa shape index (κ1) is 29.4. The van der Waals surface area contributed by atoms with Gasteiger partial charge in [0.05, 0.1) is 21.8 Å². The summed E-state index contributed by atoms with van der Waals surface area (Å²) < 4.78 is 70.0. The van der Waals surface area contributed by atoms with Crippen molar-refractivity contribution in [2.45, 2.75) is 51.3 Å². The molecule has 0 spiro atoms. The molecule has 1 amide bonds. The second kappa shape index (κ2) is 12.1. The molecule has 0 aliphatic heterocycles. The van der Waals surface area contributed by atoms with E-state index in [1.165, 1.54) is 44.2 Å². The number of benzene rings is 3. The van der Waals surface area contributed by atoms with Gasteiger partial charge in [0, 0.05) is 22.1 Å². The molecule has 0 saturated carbocycles. The van der Waals surface area contributed by atoms with Crippen LogP contribution in [0.2, 0.25) is 0 Å². The Morgan fingerprint density at radius 2 is 1.45 bits per heavy atom. The minimum atomic E-state index is -4.05. The predicted molar refractivity (Wildman–Crippen MR) is 151 cm³/mol. The number of unbranched alkanes of at least 4 members (excludes halogenated alkanes) is 3. The van der Waals surface area contributed by atoms with Crippen molar-refractivity contribution in [2.24, 2.45) is 5.41 Å². The SMILES string of the molecule is CCCCCCS(=O)(=O)Nc1cccc2c(S(=O)(=O)Nc3ccc(NC(=O)C(C)(C)CF)cc3)cccc12. The van der Waals surface area contributed by atoms with Crippen LogP contribution >= 0.6 is 0 Å². The minimum absolute atomic E-state index is 0.00927. The highest BCUT2D eigenvalue weighted by Crippen LogP contribution is 2.31. The summed E-state index contributed by atoms with van der Waals surface area (Å²) in [5.41, 5.74) is -0.215. The Morgan fingerprint density at radius 1 is 0.816 bits per heavy atom. The van der Waals surface area contributed by atoms with Crippen molar-refractivity contribution in [1.82, 2.24) is 0 Å². The quantitative estimate of drug-likeness (QED) is 0.224. The number of carbonyl (C=O) groups is 1. The molecule has 3 aromatic carbocycles. The number of sulfonamides is 2. The van der Waals surface area contributed by atoms with Crippen molar-refractivity contribution in [3.05, 3.63) is 60.7 Å². The molecule has 0 radical (unpaired) electrons. The van der Waals surface area contributed by atoms with Crippen molar-refractivity contribution >= 4 is 53.8 Å². The molecule has 0 bridgehead atoms. The van der Waals surface area contributed by atoms with Crippen LogP contribution in [0.5, 0.6) is 0 Å². The van der Waals surface area contributed by atoms with E-state index >= 15 is 0 Å². The lowest BCUT2D eigenvalue weighted by Crippen LogP contribution is -2.32. The smallest absolute Gasteiger partial charge is 0.262 e. The summed E-state index contributed by atoms with van der Waals surface area (Å²) >= 11 is 0. The number of nitrogens with one attached hydrogen (secondary N) is 3. The van der Waals surface area contributed by atoms with Gasteiger partial charge in [0.15, 0.2) is 0 Å². The van der Waals surface area contributed by atoms with Gasteiger partial charge in [0.2, 0.25) is 15.9 Å². The standard InChI is InChI=1S/C27H34FN3O5S2/c1-4-5-6-7-18-37(33,34)31-24-12-8-11-23-22(24)10-9-13-25(23)38(35,36)30-21-16-14-20(15-17-21)29-26(32)27(2,3)19-28/h8-17,30-31H,4-7,18-19H2,1-3H3,(H,29,32). The third-order valence-electron chi connectivity index (χ3n) is 6.05. The van der Waals surface area contributed by atoms with Crippen molar-refractivity contribution in [2.75, 3.05) is 27.2 Å². The molecule has 11 heteroatoms. The van der Waals surface area contributed by atoms with E-state index in [2.05, 4.69) is 21.7 Å². The van der Waals surface area contributed by atoms with Crippen molar-refractivity contribution in [3.63, 3.8) is 0 Å². The summed E-state index contributed by atoms with van der Waals surface area (Å²) in [5.74, 6) is -0.499. The van der Waals surface area contributed by atoms with E-state index in [1.54, 1.807) is 30.3 Å². The molecule has 3 aromatic rings.